The molecule has 5 nitrogen and oxygen atoms in total. The summed E-state index contributed by atoms with van der Waals surface area (Å²) in [5.41, 5.74) is 8.47. The van der Waals surface area contributed by atoms with Crippen LogP contribution < -0.4 is 5.73 Å². The molecule has 0 spiro atoms. The molecule has 2 aliphatic rings. The third kappa shape index (κ3) is 2.73. The second-order valence-corrected chi connectivity index (χ2v) is 7.12. The van der Waals surface area contributed by atoms with Crippen molar-refractivity contribution in [3.8, 4) is 5.69 Å². The highest BCUT2D eigenvalue weighted by atomic mass is 16.2. The van der Waals surface area contributed by atoms with Crippen molar-refractivity contribution in [2.24, 2.45) is 11.7 Å². The molecule has 1 aliphatic carbocycles. The Morgan fingerprint density at radius 3 is 2.67 bits per heavy atom. The van der Waals surface area contributed by atoms with Gasteiger partial charge in [0.1, 0.15) is 5.69 Å². The molecule has 1 saturated heterocycles. The Labute approximate surface area is 142 Å². The zero-order valence-corrected chi connectivity index (χ0v) is 14.1. The van der Waals surface area contributed by atoms with Crippen LogP contribution in [0.5, 0.6) is 0 Å². The lowest BCUT2D eigenvalue weighted by molar-refractivity contribution is 0.0734. The van der Waals surface area contributed by atoms with E-state index in [1.54, 1.807) is 0 Å². The van der Waals surface area contributed by atoms with E-state index in [9.17, 15) is 4.79 Å². The molecule has 2 fully saturated rings. The molecule has 2 atom stereocenters. The highest BCUT2D eigenvalue weighted by Crippen LogP contribution is 2.40. The molecule has 1 aliphatic heterocycles. The van der Waals surface area contributed by atoms with Crippen LogP contribution in [0.1, 0.15) is 48.3 Å². The van der Waals surface area contributed by atoms with Gasteiger partial charge in [0.25, 0.3) is 5.91 Å². The minimum atomic E-state index is 0.0710. The second kappa shape index (κ2) is 6.06. The number of likely N-dealkylation sites (tertiary alicyclic amines) is 1. The SMILES string of the molecule is CC1CC(CN)CN1C(=O)c1cc(C2CC2)nn1-c1ccccc1. The number of para-hydroxylation sites is 1. The van der Waals surface area contributed by atoms with Crippen LogP contribution in [0.2, 0.25) is 0 Å². The lowest BCUT2D eigenvalue weighted by atomic mass is 10.1. The summed E-state index contributed by atoms with van der Waals surface area (Å²) in [4.78, 5) is 15.2. The maximum absolute atomic E-state index is 13.2. The molecule has 2 unspecified atom stereocenters. The molecule has 1 aromatic carbocycles. The van der Waals surface area contributed by atoms with Gasteiger partial charge in [-0.3, -0.25) is 4.79 Å². The fourth-order valence-electron chi connectivity index (χ4n) is 3.64. The summed E-state index contributed by atoms with van der Waals surface area (Å²) < 4.78 is 1.82. The summed E-state index contributed by atoms with van der Waals surface area (Å²) in [5.74, 6) is 0.996. The summed E-state index contributed by atoms with van der Waals surface area (Å²) in [6.45, 7) is 3.49. The van der Waals surface area contributed by atoms with E-state index in [1.807, 2.05) is 46.0 Å². The molecule has 126 valence electrons. The number of nitrogens with two attached hydrogens (primary N) is 1. The number of amides is 1. The van der Waals surface area contributed by atoms with E-state index in [2.05, 4.69) is 6.92 Å². The molecular weight excluding hydrogens is 300 g/mol. The third-order valence-corrected chi connectivity index (χ3v) is 5.20. The van der Waals surface area contributed by atoms with Crippen molar-refractivity contribution in [1.29, 1.82) is 0 Å². The molecule has 2 aromatic rings. The first-order chi connectivity index (χ1) is 11.7. The number of aromatic nitrogens is 2. The minimum absolute atomic E-state index is 0.0710. The molecule has 0 bridgehead atoms. The Kier molecular flexibility index (Phi) is 3.88. The van der Waals surface area contributed by atoms with Crippen molar-refractivity contribution in [3.05, 3.63) is 47.8 Å². The molecule has 1 aromatic heterocycles. The van der Waals surface area contributed by atoms with Gasteiger partial charge >= 0.3 is 0 Å². The zero-order chi connectivity index (χ0) is 16.7. The highest BCUT2D eigenvalue weighted by molar-refractivity contribution is 5.93. The van der Waals surface area contributed by atoms with Crippen LogP contribution in [-0.4, -0.2) is 39.7 Å². The highest BCUT2D eigenvalue weighted by Gasteiger charge is 2.35. The standard InChI is InChI=1S/C19H24N4O/c1-13-9-14(11-20)12-22(13)19(24)18-10-17(15-7-8-15)21-23(18)16-5-3-2-4-6-16/h2-6,10,13-15H,7-9,11-12,20H2,1H3. The van der Waals surface area contributed by atoms with Crippen molar-refractivity contribution in [1.82, 2.24) is 14.7 Å². The van der Waals surface area contributed by atoms with Gasteiger partial charge in [-0.05, 0) is 56.8 Å². The normalized spacial score (nSPS) is 23.7. The van der Waals surface area contributed by atoms with Crippen molar-refractivity contribution in [2.45, 2.75) is 38.1 Å². The van der Waals surface area contributed by atoms with E-state index in [-0.39, 0.29) is 11.9 Å². The van der Waals surface area contributed by atoms with Gasteiger partial charge in [0.2, 0.25) is 0 Å². The summed E-state index contributed by atoms with van der Waals surface area (Å²) in [6.07, 6.45) is 3.33. The first kappa shape index (κ1) is 15.4. The first-order valence-electron chi connectivity index (χ1n) is 8.83. The monoisotopic (exact) mass is 324 g/mol. The Hall–Kier alpha value is -2.14. The maximum atomic E-state index is 13.2. The van der Waals surface area contributed by atoms with Crippen LogP contribution in [0.3, 0.4) is 0 Å². The second-order valence-electron chi connectivity index (χ2n) is 7.12. The van der Waals surface area contributed by atoms with Crippen LogP contribution in [0.25, 0.3) is 5.69 Å². The topological polar surface area (TPSA) is 64.2 Å². The average Bonchev–Trinajstić information content (AvgIpc) is 3.25. The molecular formula is C19H24N4O. The number of nitrogens with zero attached hydrogens (tertiary/aromatic N) is 3. The number of rotatable bonds is 4. The van der Waals surface area contributed by atoms with Crippen LogP contribution in [-0.2, 0) is 0 Å². The Morgan fingerprint density at radius 1 is 1.29 bits per heavy atom. The summed E-state index contributed by atoms with van der Waals surface area (Å²) in [5, 5.41) is 4.74. The number of hydrogen-bond donors (Lipinski definition) is 1. The van der Waals surface area contributed by atoms with Crippen LogP contribution in [0.15, 0.2) is 36.4 Å². The molecule has 24 heavy (non-hydrogen) atoms. The van der Waals surface area contributed by atoms with E-state index in [0.29, 0.717) is 24.1 Å². The average molecular weight is 324 g/mol. The molecule has 2 heterocycles. The van der Waals surface area contributed by atoms with Gasteiger partial charge in [-0.15, -0.1) is 0 Å². The largest absolute Gasteiger partial charge is 0.334 e. The van der Waals surface area contributed by atoms with Crippen molar-refractivity contribution < 1.29 is 4.79 Å². The van der Waals surface area contributed by atoms with E-state index < -0.39 is 0 Å². The number of carbonyl (C=O) groups excluding carboxylic acids is 1. The lowest BCUT2D eigenvalue weighted by Gasteiger charge is -2.21. The van der Waals surface area contributed by atoms with Crippen molar-refractivity contribution in [3.63, 3.8) is 0 Å². The predicted octanol–water partition coefficient (Wildman–Crippen LogP) is 2.56. The van der Waals surface area contributed by atoms with Crippen molar-refractivity contribution >= 4 is 5.91 Å². The molecule has 1 saturated carbocycles. The van der Waals surface area contributed by atoms with E-state index in [0.717, 1.165) is 24.3 Å². The minimum Gasteiger partial charge on any atom is -0.334 e. The molecule has 4 rings (SSSR count). The maximum Gasteiger partial charge on any atom is 0.272 e. The molecule has 0 radical (unpaired) electrons. The first-order valence-corrected chi connectivity index (χ1v) is 8.83. The number of carbonyl (C=O) groups is 1. The lowest BCUT2D eigenvalue weighted by Crippen LogP contribution is -2.35. The van der Waals surface area contributed by atoms with Crippen LogP contribution in [0, 0.1) is 5.92 Å². The zero-order valence-electron chi connectivity index (χ0n) is 14.1. The van der Waals surface area contributed by atoms with E-state index >= 15 is 0 Å². The third-order valence-electron chi connectivity index (χ3n) is 5.20. The smallest absolute Gasteiger partial charge is 0.272 e. The summed E-state index contributed by atoms with van der Waals surface area (Å²) in [7, 11) is 0. The van der Waals surface area contributed by atoms with Crippen LogP contribution in [0.4, 0.5) is 0 Å². The summed E-state index contributed by atoms with van der Waals surface area (Å²) >= 11 is 0. The fourth-order valence-corrected chi connectivity index (χ4v) is 3.64. The predicted molar refractivity (Wildman–Crippen MR) is 93.2 cm³/mol. The quantitative estimate of drug-likeness (QED) is 0.940. The van der Waals surface area contributed by atoms with Gasteiger partial charge in [-0.25, -0.2) is 4.68 Å². The van der Waals surface area contributed by atoms with Crippen molar-refractivity contribution in [2.75, 3.05) is 13.1 Å². The number of benzene rings is 1. The fraction of sp³-hybridized carbons (Fsp3) is 0.474. The number of hydrogen-bond acceptors (Lipinski definition) is 3. The van der Waals surface area contributed by atoms with Gasteiger partial charge < -0.3 is 10.6 Å². The van der Waals surface area contributed by atoms with Gasteiger partial charge in [0, 0.05) is 18.5 Å². The van der Waals surface area contributed by atoms with Gasteiger partial charge in [0.15, 0.2) is 0 Å². The summed E-state index contributed by atoms with van der Waals surface area (Å²) in [6, 6.07) is 12.2. The Balaban J connectivity index is 1.70. The van der Waals surface area contributed by atoms with Gasteiger partial charge in [0.05, 0.1) is 11.4 Å². The Bertz CT molecular complexity index is 735. The van der Waals surface area contributed by atoms with E-state index in [1.165, 1.54) is 12.8 Å². The molecule has 1 amide bonds. The molecule has 5 heteroatoms. The van der Waals surface area contributed by atoms with Crippen LogP contribution >= 0.6 is 0 Å². The van der Waals surface area contributed by atoms with Gasteiger partial charge in [-0.1, -0.05) is 18.2 Å². The van der Waals surface area contributed by atoms with E-state index in [4.69, 9.17) is 10.8 Å². The Morgan fingerprint density at radius 2 is 2.04 bits per heavy atom. The van der Waals surface area contributed by atoms with Gasteiger partial charge in [-0.2, -0.15) is 5.10 Å². The molecule has 2 N–H and O–H groups in total.